The van der Waals surface area contributed by atoms with Crippen molar-refractivity contribution in [2.24, 2.45) is 0 Å². The number of hydrogen-bond donors (Lipinski definition) is 1. The summed E-state index contributed by atoms with van der Waals surface area (Å²) in [5.41, 5.74) is 0. The number of hydrogen-bond acceptors (Lipinski definition) is 6. The molecule has 1 saturated heterocycles. The Bertz CT molecular complexity index is 429. The van der Waals surface area contributed by atoms with Crippen LogP contribution in [0.2, 0.25) is 0 Å². The number of carboxylic acids is 1. The fourth-order valence-corrected chi connectivity index (χ4v) is 2.16. The second-order valence-corrected chi connectivity index (χ2v) is 4.88. The van der Waals surface area contributed by atoms with E-state index in [-0.39, 0.29) is 6.42 Å². The number of aromatic nitrogens is 1. The molecule has 2 heterocycles. The van der Waals surface area contributed by atoms with Gasteiger partial charge in [0.1, 0.15) is 5.76 Å². The molecule has 0 bridgehead atoms. The Morgan fingerprint density at radius 1 is 1.45 bits per heavy atom. The average molecular weight is 283 g/mol. The lowest BCUT2D eigenvalue weighted by Gasteiger charge is -2.29. The lowest BCUT2D eigenvalue weighted by molar-refractivity contribution is -0.136. The van der Waals surface area contributed by atoms with E-state index >= 15 is 0 Å². The molecule has 112 valence electrons. The number of aliphatic carboxylic acids is 1. The third-order valence-electron chi connectivity index (χ3n) is 3.32. The smallest absolute Gasteiger partial charge is 0.305 e. The summed E-state index contributed by atoms with van der Waals surface area (Å²) in [5, 5.41) is 12.8. The Kier molecular flexibility index (Phi) is 5.37. The van der Waals surface area contributed by atoms with Crippen molar-refractivity contribution in [2.45, 2.75) is 13.3 Å². The number of rotatable bonds is 7. The molecule has 0 aromatic carbocycles. The van der Waals surface area contributed by atoms with Crippen LogP contribution in [0.15, 0.2) is 10.6 Å². The Labute approximate surface area is 118 Å². The van der Waals surface area contributed by atoms with E-state index < -0.39 is 5.97 Å². The first-order chi connectivity index (χ1) is 9.65. The number of ether oxygens (including phenoxy) is 1. The van der Waals surface area contributed by atoms with Crippen molar-refractivity contribution in [1.82, 2.24) is 10.1 Å². The van der Waals surface area contributed by atoms with Gasteiger partial charge >= 0.3 is 5.97 Å². The molecule has 2 rings (SSSR count). The molecule has 0 unspecified atom stereocenters. The molecule has 7 nitrogen and oxygen atoms in total. The van der Waals surface area contributed by atoms with Crippen molar-refractivity contribution < 1.29 is 19.2 Å². The predicted octanol–water partition coefficient (Wildman–Crippen LogP) is 0.596. The molecule has 0 atom stereocenters. The van der Waals surface area contributed by atoms with E-state index in [1.807, 2.05) is 17.9 Å². The normalized spacial score (nSPS) is 16.2. The van der Waals surface area contributed by atoms with Gasteiger partial charge in [-0.25, -0.2) is 0 Å². The van der Waals surface area contributed by atoms with Gasteiger partial charge in [0.2, 0.25) is 0 Å². The monoisotopic (exact) mass is 283 g/mol. The number of carbonyl (C=O) groups is 1. The first-order valence-corrected chi connectivity index (χ1v) is 6.85. The van der Waals surface area contributed by atoms with Crippen LogP contribution in [0.3, 0.4) is 0 Å². The van der Waals surface area contributed by atoms with Crippen LogP contribution in [-0.2, 0) is 9.53 Å². The summed E-state index contributed by atoms with van der Waals surface area (Å²) in [4.78, 5) is 15.0. The van der Waals surface area contributed by atoms with Crippen molar-refractivity contribution in [3.05, 3.63) is 11.8 Å². The molecular formula is C13H21N3O4. The van der Waals surface area contributed by atoms with Crippen LogP contribution in [0, 0.1) is 6.92 Å². The molecule has 0 aliphatic carbocycles. The number of morpholine rings is 1. The summed E-state index contributed by atoms with van der Waals surface area (Å²) >= 11 is 0. The number of nitrogens with zero attached hydrogens (tertiary/aromatic N) is 3. The van der Waals surface area contributed by atoms with Gasteiger partial charge < -0.3 is 19.3 Å². The molecule has 0 radical (unpaired) electrons. The molecule has 0 spiro atoms. The maximum Gasteiger partial charge on any atom is 0.305 e. The molecule has 0 amide bonds. The lowest BCUT2D eigenvalue weighted by atomic mass is 10.3. The van der Waals surface area contributed by atoms with Gasteiger partial charge in [-0.1, -0.05) is 5.16 Å². The topological polar surface area (TPSA) is 79.0 Å². The first-order valence-electron chi connectivity index (χ1n) is 6.85. The van der Waals surface area contributed by atoms with Gasteiger partial charge in [-0.2, -0.15) is 0 Å². The third-order valence-corrected chi connectivity index (χ3v) is 3.32. The van der Waals surface area contributed by atoms with Gasteiger partial charge in [-0.3, -0.25) is 9.69 Å². The molecule has 1 N–H and O–H groups in total. The van der Waals surface area contributed by atoms with Gasteiger partial charge in [0, 0.05) is 38.8 Å². The van der Waals surface area contributed by atoms with Gasteiger partial charge in [0.15, 0.2) is 5.82 Å². The minimum Gasteiger partial charge on any atom is -0.481 e. The quantitative estimate of drug-likeness (QED) is 0.784. The Morgan fingerprint density at radius 3 is 2.80 bits per heavy atom. The van der Waals surface area contributed by atoms with Crippen LogP contribution in [0.25, 0.3) is 0 Å². The molecule has 1 aromatic heterocycles. The average Bonchev–Trinajstić information content (AvgIpc) is 2.86. The van der Waals surface area contributed by atoms with E-state index in [9.17, 15) is 4.79 Å². The molecule has 1 aromatic rings. The van der Waals surface area contributed by atoms with Crippen LogP contribution in [0.5, 0.6) is 0 Å². The van der Waals surface area contributed by atoms with Crippen molar-refractivity contribution in [2.75, 3.05) is 50.8 Å². The second kappa shape index (κ2) is 7.25. The summed E-state index contributed by atoms with van der Waals surface area (Å²) < 4.78 is 10.4. The van der Waals surface area contributed by atoms with E-state index in [4.69, 9.17) is 14.4 Å². The summed E-state index contributed by atoms with van der Waals surface area (Å²) in [6.45, 7) is 7.24. The van der Waals surface area contributed by atoms with Crippen molar-refractivity contribution in [3.8, 4) is 0 Å². The largest absolute Gasteiger partial charge is 0.481 e. The van der Waals surface area contributed by atoms with E-state index in [0.29, 0.717) is 12.4 Å². The second-order valence-electron chi connectivity index (χ2n) is 4.88. The third kappa shape index (κ3) is 4.50. The predicted molar refractivity (Wildman–Crippen MR) is 73.0 cm³/mol. The Balaban J connectivity index is 1.89. The fraction of sp³-hybridized carbons (Fsp3) is 0.692. The van der Waals surface area contributed by atoms with Gasteiger partial charge in [-0.15, -0.1) is 0 Å². The molecule has 1 aliphatic rings. The van der Waals surface area contributed by atoms with Crippen molar-refractivity contribution in [1.29, 1.82) is 0 Å². The van der Waals surface area contributed by atoms with Crippen LogP contribution in [-0.4, -0.2) is 67.1 Å². The molecule has 1 fully saturated rings. The van der Waals surface area contributed by atoms with Gasteiger partial charge in [0.05, 0.1) is 19.6 Å². The lowest BCUT2D eigenvalue weighted by Crippen LogP contribution is -2.42. The van der Waals surface area contributed by atoms with E-state index in [1.165, 1.54) is 0 Å². The van der Waals surface area contributed by atoms with Crippen LogP contribution in [0.1, 0.15) is 12.2 Å². The summed E-state index contributed by atoms with van der Waals surface area (Å²) in [6, 6.07) is 1.83. The summed E-state index contributed by atoms with van der Waals surface area (Å²) in [6.07, 6.45) is 0.0923. The zero-order valence-corrected chi connectivity index (χ0v) is 11.7. The highest BCUT2D eigenvalue weighted by Crippen LogP contribution is 2.14. The van der Waals surface area contributed by atoms with Crippen LogP contribution >= 0.6 is 0 Å². The molecule has 1 aliphatic heterocycles. The number of aryl methyl sites for hydroxylation is 1. The standard InChI is InChI=1S/C13H21N3O4/c1-11-10-12(14-20-11)16(3-2-13(17)18)5-4-15-6-8-19-9-7-15/h10H,2-9H2,1H3,(H,17,18). The van der Waals surface area contributed by atoms with E-state index in [2.05, 4.69) is 10.1 Å². The zero-order valence-electron chi connectivity index (χ0n) is 11.7. The molecule has 0 saturated carbocycles. The number of anilines is 1. The molecule has 7 heteroatoms. The maximum atomic E-state index is 10.7. The maximum absolute atomic E-state index is 10.7. The summed E-state index contributed by atoms with van der Waals surface area (Å²) in [7, 11) is 0. The fourth-order valence-electron chi connectivity index (χ4n) is 2.16. The SMILES string of the molecule is Cc1cc(N(CCC(=O)O)CCN2CCOCC2)no1. The first kappa shape index (κ1) is 14.8. The van der Waals surface area contributed by atoms with E-state index in [0.717, 1.165) is 45.2 Å². The van der Waals surface area contributed by atoms with Gasteiger partial charge in [0.25, 0.3) is 0 Å². The molecular weight excluding hydrogens is 262 g/mol. The highest BCUT2D eigenvalue weighted by atomic mass is 16.5. The Hall–Kier alpha value is -1.60. The highest BCUT2D eigenvalue weighted by molar-refractivity contribution is 5.67. The van der Waals surface area contributed by atoms with Gasteiger partial charge in [-0.05, 0) is 6.92 Å². The zero-order chi connectivity index (χ0) is 14.4. The van der Waals surface area contributed by atoms with Crippen LogP contribution in [0.4, 0.5) is 5.82 Å². The summed E-state index contributed by atoms with van der Waals surface area (Å²) in [5.74, 6) is 0.630. The van der Waals surface area contributed by atoms with Crippen LogP contribution < -0.4 is 4.90 Å². The minimum atomic E-state index is -0.804. The Morgan fingerprint density at radius 2 is 2.20 bits per heavy atom. The van der Waals surface area contributed by atoms with E-state index in [1.54, 1.807) is 0 Å². The van der Waals surface area contributed by atoms with Crippen molar-refractivity contribution in [3.63, 3.8) is 0 Å². The minimum absolute atomic E-state index is 0.0923. The number of carboxylic acid groups (broad SMARTS) is 1. The molecule has 20 heavy (non-hydrogen) atoms. The highest BCUT2D eigenvalue weighted by Gasteiger charge is 2.16. The van der Waals surface area contributed by atoms with Crippen molar-refractivity contribution >= 4 is 11.8 Å².